The Bertz CT molecular complexity index is 713. The van der Waals surface area contributed by atoms with Crippen molar-refractivity contribution in [1.82, 2.24) is 5.32 Å². The first-order chi connectivity index (χ1) is 11.3. The molecule has 118 valence electrons. The number of hydrogen-bond donors (Lipinski definition) is 1. The van der Waals surface area contributed by atoms with E-state index >= 15 is 0 Å². The van der Waals surface area contributed by atoms with Gasteiger partial charge < -0.3 is 14.9 Å². The lowest BCUT2D eigenvalue weighted by Gasteiger charge is -2.10. The van der Waals surface area contributed by atoms with Crippen molar-refractivity contribution in [2.45, 2.75) is 19.1 Å². The monoisotopic (exact) mass is 310 g/mol. The summed E-state index contributed by atoms with van der Waals surface area (Å²) in [7, 11) is 1.61. The highest BCUT2D eigenvalue weighted by atomic mass is 16.6. The van der Waals surface area contributed by atoms with Gasteiger partial charge in [-0.25, -0.2) is 0 Å². The van der Waals surface area contributed by atoms with E-state index < -0.39 is 6.10 Å². The first-order valence-electron chi connectivity index (χ1n) is 7.45. The summed E-state index contributed by atoms with van der Waals surface area (Å²) in [6, 6.07) is 17.3. The molecule has 1 atom stereocenters. The predicted octanol–water partition coefficient (Wildman–Crippen LogP) is 2.50. The maximum atomic E-state index is 12.2. The average molecular weight is 310 g/mol. The van der Waals surface area contributed by atoms with Gasteiger partial charge in [0.1, 0.15) is 5.75 Å². The van der Waals surface area contributed by atoms with Gasteiger partial charge in [0.25, 0.3) is 5.91 Å². The van der Waals surface area contributed by atoms with E-state index in [0.29, 0.717) is 13.0 Å². The van der Waals surface area contributed by atoms with Crippen molar-refractivity contribution >= 4 is 11.6 Å². The number of carbonyl (C=O) groups excluding carboxylic acids is 1. The molecular formula is C18H18N2O3. The normalized spacial score (nSPS) is 16.4. The molecule has 1 amide bonds. The molecule has 23 heavy (non-hydrogen) atoms. The molecule has 0 radical (unpaired) electrons. The van der Waals surface area contributed by atoms with Crippen molar-refractivity contribution in [1.29, 1.82) is 0 Å². The zero-order chi connectivity index (χ0) is 16.1. The number of rotatable bonds is 5. The Morgan fingerprint density at radius 3 is 2.74 bits per heavy atom. The van der Waals surface area contributed by atoms with E-state index in [-0.39, 0.29) is 5.91 Å². The smallest absolute Gasteiger partial charge is 0.264 e. The van der Waals surface area contributed by atoms with Crippen LogP contribution in [0.1, 0.15) is 17.5 Å². The molecule has 0 aliphatic carbocycles. The second-order valence-corrected chi connectivity index (χ2v) is 5.24. The zero-order valence-corrected chi connectivity index (χ0v) is 12.9. The predicted molar refractivity (Wildman–Crippen MR) is 87.3 cm³/mol. The third kappa shape index (κ3) is 3.51. The van der Waals surface area contributed by atoms with Gasteiger partial charge in [0.15, 0.2) is 0 Å². The second kappa shape index (κ2) is 6.96. The molecule has 1 unspecified atom stereocenters. The lowest BCUT2D eigenvalue weighted by Crippen LogP contribution is -2.34. The Hall–Kier alpha value is -2.82. The number of ether oxygens (including phenoxy) is 1. The fraction of sp³-hybridized carbons (Fsp3) is 0.222. The molecular weight excluding hydrogens is 292 g/mol. The summed E-state index contributed by atoms with van der Waals surface area (Å²) in [6.45, 7) is 0.476. The average Bonchev–Trinajstić information content (AvgIpc) is 3.10. The number of benzene rings is 2. The Morgan fingerprint density at radius 2 is 1.96 bits per heavy atom. The van der Waals surface area contributed by atoms with Crippen LogP contribution in [0.15, 0.2) is 59.8 Å². The summed E-state index contributed by atoms with van der Waals surface area (Å²) < 4.78 is 5.32. The van der Waals surface area contributed by atoms with E-state index in [1.54, 1.807) is 7.11 Å². The van der Waals surface area contributed by atoms with Crippen molar-refractivity contribution in [3.05, 3.63) is 65.7 Å². The number of nitrogens with one attached hydrogen (secondary N) is 1. The van der Waals surface area contributed by atoms with Crippen LogP contribution in [-0.4, -0.2) is 24.8 Å². The summed E-state index contributed by atoms with van der Waals surface area (Å²) in [4.78, 5) is 17.5. The first kappa shape index (κ1) is 15.1. The number of methoxy groups -OCH3 is 1. The van der Waals surface area contributed by atoms with Gasteiger partial charge in [0.05, 0.1) is 12.8 Å². The molecule has 2 aromatic rings. The standard InChI is InChI=1S/C18H18N2O3/c1-22-16-10-6-5-9-14(16)15-11-17(23-20-15)18(21)19-12-13-7-3-2-4-8-13/h2-10,17H,11-12H2,1H3,(H,19,21). The van der Waals surface area contributed by atoms with Crippen LogP contribution in [0.5, 0.6) is 5.75 Å². The Kier molecular flexibility index (Phi) is 4.57. The molecule has 5 nitrogen and oxygen atoms in total. The molecule has 0 saturated carbocycles. The van der Waals surface area contributed by atoms with Gasteiger partial charge >= 0.3 is 0 Å². The minimum atomic E-state index is -0.598. The fourth-order valence-corrected chi connectivity index (χ4v) is 2.46. The van der Waals surface area contributed by atoms with Crippen molar-refractivity contribution in [2.24, 2.45) is 5.16 Å². The molecule has 0 bridgehead atoms. The maximum Gasteiger partial charge on any atom is 0.264 e. The highest BCUT2D eigenvalue weighted by Gasteiger charge is 2.29. The molecule has 0 fully saturated rings. The second-order valence-electron chi connectivity index (χ2n) is 5.24. The minimum absolute atomic E-state index is 0.164. The minimum Gasteiger partial charge on any atom is -0.496 e. The van der Waals surface area contributed by atoms with E-state index in [2.05, 4.69) is 10.5 Å². The lowest BCUT2D eigenvalue weighted by molar-refractivity contribution is -0.131. The summed E-state index contributed by atoms with van der Waals surface area (Å²) in [5.41, 5.74) is 2.63. The molecule has 2 aromatic carbocycles. The van der Waals surface area contributed by atoms with E-state index in [0.717, 1.165) is 22.6 Å². The lowest BCUT2D eigenvalue weighted by atomic mass is 10.0. The molecule has 1 aliphatic rings. The highest BCUT2D eigenvalue weighted by molar-refractivity contribution is 6.05. The topological polar surface area (TPSA) is 59.9 Å². The number of nitrogens with zero attached hydrogens (tertiary/aromatic N) is 1. The number of oxime groups is 1. The van der Waals surface area contributed by atoms with Crippen LogP contribution in [-0.2, 0) is 16.2 Å². The molecule has 1 heterocycles. The van der Waals surface area contributed by atoms with Crippen LogP contribution in [0.4, 0.5) is 0 Å². The Labute approximate surface area is 134 Å². The van der Waals surface area contributed by atoms with Crippen molar-refractivity contribution in [3.8, 4) is 5.75 Å². The number of hydrogen-bond acceptors (Lipinski definition) is 4. The molecule has 5 heteroatoms. The maximum absolute atomic E-state index is 12.2. The summed E-state index contributed by atoms with van der Waals surface area (Å²) in [5, 5.41) is 6.92. The van der Waals surface area contributed by atoms with Gasteiger partial charge in [-0.15, -0.1) is 0 Å². The molecule has 1 N–H and O–H groups in total. The third-order valence-electron chi connectivity index (χ3n) is 3.69. The van der Waals surface area contributed by atoms with Crippen LogP contribution in [0, 0.1) is 0 Å². The van der Waals surface area contributed by atoms with Crippen LogP contribution in [0.25, 0.3) is 0 Å². The van der Waals surface area contributed by atoms with Gasteiger partial charge in [-0.05, 0) is 17.7 Å². The van der Waals surface area contributed by atoms with Gasteiger partial charge in [0.2, 0.25) is 6.10 Å². The SMILES string of the molecule is COc1ccccc1C1=NOC(C(=O)NCc2ccccc2)C1. The molecule has 0 spiro atoms. The first-order valence-corrected chi connectivity index (χ1v) is 7.45. The quantitative estimate of drug-likeness (QED) is 0.923. The van der Waals surface area contributed by atoms with Crippen molar-refractivity contribution < 1.29 is 14.4 Å². The van der Waals surface area contributed by atoms with Crippen molar-refractivity contribution in [2.75, 3.05) is 7.11 Å². The van der Waals surface area contributed by atoms with Gasteiger partial charge in [-0.3, -0.25) is 4.79 Å². The van der Waals surface area contributed by atoms with E-state index in [1.807, 2.05) is 54.6 Å². The number of para-hydroxylation sites is 1. The Balaban J connectivity index is 1.59. The zero-order valence-electron chi connectivity index (χ0n) is 12.9. The summed E-state index contributed by atoms with van der Waals surface area (Å²) in [6.07, 6.45) is -0.167. The van der Waals surface area contributed by atoms with Gasteiger partial charge in [0, 0.05) is 18.5 Å². The summed E-state index contributed by atoms with van der Waals surface area (Å²) >= 11 is 0. The molecule has 3 rings (SSSR count). The fourth-order valence-electron chi connectivity index (χ4n) is 2.46. The van der Waals surface area contributed by atoms with Crippen LogP contribution >= 0.6 is 0 Å². The van der Waals surface area contributed by atoms with E-state index in [9.17, 15) is 4.79 Å². The third-order valence-corrected chi connectivity index (χ3v) is 3.69. The van der Waals surface area contributed by atoms with Crippen LogP contribution in [0.2, 0.25) is 0 Å². The van der Waals surface area contributed by atoms with E-state index in [4.69, 9.17) is 9.57 Å². The molecule has 1 aliphatic heterocycles. The number of amides is 1. The molecule has 0 aromatic heterocycles. The van der Waals surface area contributed by atoms with Gasteiger partial charge in [-0.2, -0.15) is 0 Å². The Morgan fingerprint density at radius 1 is 1.22 bits per heavy atom. The highest BCUT2D eigenvalue weighted by Crippen LogP contribution is 2.24. The largest absolute Gasteiger partial charge is 0.496 e. The number of carbonyl (C=O) groups is 1. The van der Waals surface area contributed by atoms with Gasteiger partial charge in [-0.1, -0.05) is 47.6 Å². The van der Waals surface area contributed by atoms with E-state index in [1.165, 1.54) is 0 Å². The van der Waals surface area contributed by atoms with Crippen LogP contribution < -0.4 is 10.1 Å². The van der Waals surface area contributed by atoms with Crippen LogP contribution in [0.3, 0.4) is 0 Å². The van der Waals surface area contributed by atoms with Crippen molar-refractivity contribution in [3.63, 3.8) is 0 Å². The molecule has 0 saturated heterocycles. The summed E-state index contributed by atoms with van der Waals surface area (Å²) in [5.74, 6) is 0.558.